The Labute approximate surface area is 98.0 Å². The first kappa shape index (κ1) is 11.7. The van der Waals surface area contributed by atoms with E-state index >= 15 is 0 Å². The molecule has 1 aromatic carbocycles. The van der Waals surface area contributed by atoms with Crippen molar-refractivity contribution >= 4 is 10.1 Å². The monoisotopic (exact) mass is 253 g/mol. The van der Waals surface area contributed by atoms with Gasteiger partial charge in [0.05, 0.1) is 4.90 Å². The lowest BCUT2D eigenvalue weighted by Crippen LogP contribution is -1.99. The Kier molecular flexibility index (Phi) is 2.72. The van der Waals surface area contributed by atoms with Crippen LogP contribution in [0.3, 0.4) is 0 Å². The molecule has 0 amide bonds. The zero-order chi connectivity index (χ0) is 12.6. The number of rotatable bonds is 2. The highest BCUT2D eigenvalue weighted by atomic mass is 32.2. The van der Waals surface area contributed by atoms with Crippen molar-refractivity contribution in [1.29, 1.82) is 0 Å². The van der Waals surface area contributed by atoms with Crippen LogP contribution in [0.25, 0.3) is 11.5 Å². The van der Waals surface area contributed by atoms with E-state index in [0.29, 0.717) is 17.0 Å². The fourth-order valence-electron chi connectivity index (χ4n) is 1.43. The summed E-state index contributed by atoms with van der Waals surface area (Å²) in [7, 11) is -4.49. The van der Waals surface area contributed by atoms with Crippen molar-refractivity contribution in [3.8, 4) is 11.5 Å². The zero-order valence-corrected chi connectivity index (χ0v) is 9.98. The molecule has 1 aromatic heterocycles. The molecule has 0 saturated heterocycles. The van der Waals surface area contributed by atoms with Gasteiger partial charge in [-0.25, -0.2) is 8.42 Å². The smallest absolute Gasteiger partial charge is 0.247 e. The molecule has 0 unspecified atom stereocenters. The van der Waals surface area contributed by atoms with E-state index in [1.54, 1.807) is 19.9 Å². The van der Waals surface area contributed by atoms with Crippen LogP contribution in [0.1, 0.15) is 11.5 Å². The summed E-state index contributed by atoms with van der Waals surface area (Å²) in [4.78, 5) is -0.302. The highest BCUT2D eigenvalue weighted by Crippen LogP contribution is 2.23. The van der Waals surface area contributed by atoms with Gasteiger partial charge in [-0.05, 0) is 30.7 Å². The Hall–Kier alpha value is -1.73. The van der Waals surface area contributed by atoms with Gasteiger partial charge in [-0.15, -0.1) is 10.2 Å². The fraction of sp³-hybridized carbons (Fsp3) is 0.200. The molecule has 0 spiro atoms. The Morgan fingerprint density at radius 3 is 2.41 bits per heavy atom. The SMILES string of the molecule is Cc1cc(-c2nnc(C)o2)cc(S(=O)(=O)[O-])c1. The van der Waals surface area contributed by atoms with E-state index in [0.717, 1.165) is 0 Å². The van der Waals surface area contributed by atoms with Crippen molar-refractivity contribution in [3.63, 3.8) is 0 Å². The van der Waals surface area contributed by atoms with E-state index in [1.807, 2.05) is 0 Å². The van der Waals surface area contributed by atoms with E-state index in [4.69, 9.17) is 4.42 Å². The van der Waals surface area contributed by atoms with Crippen molar-refractivity contribution in [2.24, 2.45) is 0 Å². The van der Waals surface area contributed by atoms with Crippen molar-refractivity contribution in [2.75, 3.05) is 0 Å². The molecule has 0 N–H and O–H groups in total. The van der Waals surface area contributed by atoms with Crippen molar-refractivity contribution in [3.05, 3.63) is 29.7 Å². The third-order valence-electron chi connectivity index (χ3n) is 2.11. The van der Waals surface area contributed by atoms with Gasteiger partial charge in [0, 0.05) is 12.5 Å². The van der Waals surface area contributed by atoms with Crippen LogP contribution >= 0.6 is 0 Å². The second-order valence-corrected chi connectivity index (χ2v) is 4.99. The van der Waals surface area contributed by atoms with Gasteiger partial charge in [0.15, 0.2) is 0 Å². The molecule has 7 heteroatoms. The van der Waals surface area contributed by atoms with Gasteiger partial charge < -0.3 is 8.97 Å². The van der Waals surface area contributed by atoms with E-state index in [-0.39, 0.29) is 10.8 Å². The first-order valence-corrected chi connectivity index (χ1v) is 6.15. The van der Waals surface area contributed by atoms with Crippen LogP contribution in [0.5, 0.6) is 0 Å². The molecule has 0 fully saturated rings. The minimum atomic E-state index is -4.49. The average Bonchev–Trinajstić information content (AvgIpc) is 2.62. The first-order valence-electron chi connectivity index (χ1n) is 4.74. The molecule has 0 atom stereocenters. The van der Waals surface area contributed by atoms with Gasteiger partial charge >= 0.3 is 0 Å². The number of aryl methyl sites for hydroxylation is 2. The van der Waals surface area contributed by atoms with E-state index in [9.17, 15) is 13.0 Å². The van der Waals surface area contributed by atoms with Gasteiger partial charge in [-0.1, -0.05) is 0 Å². The molecule has 1 heterocycles. The minimum Gasteiger partial charge on any atom is -0.744 e. The third-order valence-corrected chi connectivity index (χ3v) is 2.93. The van der Waals surface area contributed by atoms with Crippen molar-refractivity contribution in [1.82, 2.24) is 10.2 Å². The van der Waals surface area contributed by atoms with E-state index < -0.39 is 10.1 Å². The molecule has 0 aliphatic carbocycles. The number of hydrogen-bond donors (Lipinski definition) is 0. The maximum atomic E-state index is 11.0. The molecule has 2 rings (SSSR count). The molecule has 0 saturated carbocycles. The quantitative estimate of drug-likeness (QED) is 0.747. The molecular weight excluding hydrogens is 244 g/mol. The van der Waals surface area contributed by atoms with Crippen LogP contribution < -0.4 is 0 Å². The van der Waals surface area contributed by atoms with Crippen LogP contribution in [-0.2, 0) is 10.1 Å². The molecule has 2 aromatic rings. The molecule has 0 aliphatic heterocycles. The van der Waals surface area contributed by atoms with Gasteiger partial charge in [0.2, 0.25) is 11.8 Å². The predicted molar refractivity (Wildman–Crippen MR) is 57.2 cm³/mol. The van der Waals surface area contributed by atoms with Crippen molar-refractivity contribution in [2.45, 2.75) is 18.7 Å². The Morgan fingerprint density at radius 1 is 1.18 bits per heavy atom. The molecule has 6 nitrogen and oxygen atoms in total. The summed E-state index contributed by atoms with van der Waals surface area (Å²) < 4.78 is 38.0. The number of hydrogen-bond acceptors (Lipinski definition) is 6. The average molecular weight is 253 g/mol. The minimum absolute atomic E-state index is 0.191. The summed E-state index contributed by atoms with van der Waals surface area (Å²) in [5.74, 6) is 0.559. The summed E-state index contributed by atoms with van der Waals surface area (Å²) in [5, 5.41) is 7.41. The van der Waals surface area contributed by atoms with Crippen LogP contribution in [-0.4, -0.2) is 23.2 Å². The second-order valence-electron chi connectivity index (χ2n) is 3.62. The highest BCUT2D eigenvalue weighted by molar-refractivity contribution is 7.85. The summed E-state index contributed by atoms with van der Waals surface area (Å²) in [5.41, 5.74) is 1.05. The van der Waals surface area contributed by atoms with Crippen LogP contribution in [0.2, 0.25) is 0 Å². The largest absolute Gasteiger partial charge is 0.744 e. The summed E-state index contributed by atoms with van der Waals surface area (Å²) in [6, 6.07) is 4.19. The summed E-state index contributed by atoms with van der Waals surface area (Å²) in [6.45, 7) is 3.30. The molecule has 0 radical (unpaired) electrons. The lowest BCUT2D eigenvalue weighted by atomic mass is 10.1. The lowest BCUT2D eigenvalue weighted by molar-refractivity contribution is 0.463. The molecular formula is C10H9N2O4S-. The van der Waals surface area contributed by atoms with Gasteiger partial charge in [-0.2, -0.15) is 0 Å². The molecule has 0 aliphatic rings. The van der Waals surface area contributed by atoms with E-state index in [1.165, 1.54) is 12.1 Å². The highest BCUT2D eigenvalue weighted by Gasteiger charge is 2.10. The first-order chi connectivity index (χ1) is 7.86. The number of nitrogens with zero attached hydrogens (tertiary/aromatic N) is 2. The van der Waals surface area contributed by atoms with Crippen LogP contribution in [0, 0.1) is 13.8 Å². The normalized spacial score (nSPS) is 11.7. The lowest BCUT2D eigenvalue weighted by Gasteiger charge is -2.08. The third kappa shape index (κ3) is 2.51. The molecule has 90 valence electrons. The number of benzene rings is 1. The topological polar surface area (TPSA) is 96.1 Å². The second kappa shape index (κ2) is 3.94. The number of aromatic nitrogens is 2. The Bertz CT molecular complexity index is 661. The standard InChI is InChI=1S/C10H10N2O4S/c1-6-3-8(10-12-11-7(2)16-10)5-9(4-6)17(13,14)15/h3-5H,1-2H3,(H,13,14,15)/p-1. The van der Waals surface area contributed by atoms with Gasteiger partial charge in [0.1, 0.15) is 10.1 Å². The predicted octanol–water partition coefficient (Wildman–Crippen LogP) is 1.26. The maximum absolute atomic E-state index is 11.0. The van der Waals surface area contributed by atoms with E-state index in [2.05, 4.69) is 10.2 Å². The van der Waals surface area contributed by atoms with Gasteiger partial charge in [0.25, 0.3) is 0 Å². The fourth-order valence-corrected chi connectivity index (χ4v) is 2.03. The Morgan fingerprint density at radius 2 is 1.88 bits per heavy atom. The van der Waals surface area contributed by atoms with Crippen LogP contribution in [0.15, 0.2) is 27.5 Å². The molecule has 17 heavy (non-hydrogen) atoms. The summed E-state index contributed by atoms with van der Waals surface area (Å²) in [6.07, 6.45) is 0. The van der Waals surface area contributed by atoms with Crippen LogP contribution in [0.4, 0.5) is 0 Å². The van der Waals surface area contributed by atoms with Gasteiger partial charge in [-0.3, -0.25) is 0 Å². The summed E-state index contributed by atoms with van der Waals surface area (Å²) >= 11 is 0. The molecule has 0 bridgehead atoms. The zero-order valence-electron chi connectivity index (χ0n) is 9.17. The maximum Gasteiger partial charge on any atom is 0.247 e. The Balaban J connectivity index is 2.60. The van der Waals surface area contributed by atoms with Crippen molar-refractivity contribution < 1.29 is 17.4 Å².